The van der Waals surface area contributed by atoms with Crippen molar-refractivity contribution in [2.75, 3.05) is 12.4 Å². The maximum Gasteiger partial charge on any atom is 0.267 e. The summed E-state index contributed by atoms with van der Waals surface area (Å²) < 4.78 is 39.2. The number of benzene rings is 1. The van der Waals surface area contributed by atoms with Crippen molar-refractivity contribution in [3.05, 3.63) is 53.4 Å². The van der Waals surface area contributed by atoms with Crippen LogP contribution in [-0.2, 0) is 9.53 Å². The lowest BCUT2D eigenvalue weighted by Crippen LogP contribution is -2.32. The molecular formula is C22H25F2N3O4. The summed E-state index contributed by atoms with van der Waals surface area (Å²) in [5, 5.41) is 2.70. The molecule has 0 radical (unpaired) electrons. The van der Waals surface area contributed by atoms with Crippen molar-refractivity contribution >= 4 is 17.5 Å². The Morgan fingerprint density at radius 2 is 2.10 bits per heavy atom. The van der Waals surface area contributed by atoms with Gasteiger partial charge in [0.05, 0.1) is 13.2 Å². The topological polar surface area (TPSA) is 104 Å². The summed E-state index contributed by atoms with van der Waals surface area (Å²) in [6, 6.07) is 5.31. The fourth-order valence-electron chi connectivity index (χ4n) is 3.82. The highest BCUT2D eigenvalue weighted by molar-refractivity contribution is 5.97. The van der Waals surface area contributed by atoms with Crippen molar-refractivity contribution in [3.63, 3.8) is 0 Å². The van der Waals surface area contributed by atoms with Crippen LogP contribution in [0.2, 0.25) is 0 Å². The van der Waals surface area contributed by atoms with Crippen molar-refractivity contribution < 1.29 is 27.8 Å². The van der Waals surface area contributed by atoms with E-state index in [9.17, 15) is 18.4 Å². The van der Waals surface area contributed by atoms with E-state index in [1.54, 1.807) is 0 Å². The molecule has 1 aromatic heterocycles. The Morgan fingerprint density at radius 1 is 1.32 bits per heavy atom. The molecule has 166 valence electrons. The van der Waals surface area contributed by atoms with Gasteiger partial charge in [-0.05, 0) is 31.0 Å². The number of nitrogens with one attached hydrogen (secondary N) is 1. The van der Waals surface area contributed by atoms with Crippen LogP contribution in [-0.4, -0.2) is 36.1 Å². The van der Waals surface area contributed by atoms with Gasteiger partial charge in [0, 0.05) is 23.4 Å². The number of rotatable bonds is 8. The van der Waals surface area contributed by atoms with E-state index in [1.165, 1.54) is 31.5 Å². The lowest BCUT2D eigenvalue weighted by atomic mass is 9.88. The van der Waals surface area contributed by atoms with Gasteiger partial charge in [0.1, 0.15) is 11.8 Å². The summed E-state index contributed by atoms with van der Waals surface area (Å²) in [7, 11) is 1.25. The Hall–Kier alpha value is -3.07. The van der Waals surface area contributed by atoms with Gasteiger partial charge < -0.3 is 20.5 Å². The van der Waals surface area contributed by atoms with Crippen LogP contribution in [0, 0.1) is 11.6 Å². The lowest BCUT2D eigenvalue weighted by molar-refractivity contribution is -0.127. The largest absolute Gasteiger partial charge is 0.493 e. The molecule has 1 fully saturated rings. The van der Waals surface area contributed by atoms with Gasteiger partial charge in [-0.3, -0.25) is 14.6 Å². The van der Waals surface area contributed by atoms with Gasteiger partial charge in [0.2, 0.25) is 5.82 Å². The first-order valence-electron chi connectivity index (χ1n) is 10.1. The quantitative estimate of drug-likeness (QED) is 0.663. The van der Waals surface area contributed by atoms with E-state index in [2.05, 4.69) is 17.2 Å². The first-order valence-corrected chi connectivity index (χ1v) is 10.1. The lowest BCUT2D eigenvalue weighted by Gasteiger charge is -2.21. The fourth-order valence-corrected chi connectivity index (χ4v) is 3.82. The molecule has 1 aliphatic rings. The highest BCUT2D eigenvalue weighted by Crippen LogP contribution is 2.42. The summed E-state index contributed by atoms with van der Waals surface area (Å²) in [6.45, 7) is 2.05. The normalized spacial score (nSPS) is 20.5. The number of pyridine rings is 1. The van der Waals surface area contributed by atoms with E-state index in [-0.39, 0.29) is 17.5 Å². The van der Waals surface area contributed by atoms with Crippen molar-refractivity contribution in [2.24, 2.45) is 5.73 Å². The van der Waals surface area contributed by atoms with E-state index in [0.717, 1.165) is 25.3 Å². The smallest absolute Gasteiger partial charge is 0.267 e. The first kappa shape index (κ1) is 22.6. The molecule has 1 aromatic carbocycles. The molecule has 9 heteroatoms. The monoisotopic (exact) mass is 433 g/mol. The van der Waals surface area contributed by atoms with Crippen LogP contribution in [0.3, 0.4) is 0 Å². The molecule has 2 amide bonds. The van der Waals surface area contributed by atoms with E-state index >= 15 is 0 Å². The molecule has 1 aliphatic heterocycles. The molecular weight excluding hydrogens is 408 g/mol. The van der Waals surface area contributed by atoms with Gasteiger partial charge in [-0.25, -0.2) is 4.39 Å². The SMILES string of the molecule is CCCC[C@@H]1C[C@H](c2ccc(F)c(F)c2OC)[C@@H](C(=O)Nc2ccnc(C(N)=O)c2)O1. The highest BCUT2D eigenvalue weighted by atomic mass is 19.2. The molecule has 3 atom stereocenters. The van der Waals surface area contributed by atoms with E-state index in [4.69, 9.17) is 15.2 Å². The molecule has 0 bridgehead atoms. The summed E-state index contributed by atoms with van der Waals surface area (Å²) >= 11 is 0. The van der Waals surface area contributed by atoms with Crippen LogP contribution >= 0.6 is 0 Å². The van der Waals surface area contributed by atoms with Gasteiger partial charge in [0.25, 0.3) is 11.8 Å². The zero-order valence-corrected chi connectivity index (χ0v) is 17.4. The predicted octanol–water partition coefficient (Wildman–Crippen LogP) is 3.54. The Labute approximate surface area is 178 Å². The number of anilines is 1. The maximum absolute atomic E-state index is 14.3. The number of unbranched alkanes of at least 4 members (excludes halogenated alkanes) is 1. The van der Waals surface area contributed by atoms with Crippen LogP contribution in [0.15, 0.2) is 30.5 Å². The summed E-state index contributed by atoms with van der Waals surface area (Å²) in [5.74, 6) is -4.10. The third-order valence-corrected chi connectivity index (χ3v) is 5.32. The number of carbonyl (C=O) groups is 2. The molecule has 2 heterocycles. The molecule has 0 unspecified atom stereocenters. The van der Waals surface area contributed by atoms with Crippen molar-refractivity contribution in [3.8, 4) is 5.75 Å². The van der Waals surface area contributed by atoms with Crippen molar-refractivity contribution in [1.82, 2.24) is 4.98 Å². The molecule has 2 aromatic rings. The number of primary amides is 1. The molecule has 0 saturated carbocycles. The number of amides is 2. The average Bonchev–Trinajstić information content (AvgIpc) is 3.18. The minimum atomic E-state index is -1.10. The fraction of sp³-hybridized carbons (Fsp3) is 0.409. The Kier molecular flexibility index (Phi) is 7.17. The number of halogens is 2. The van der Waals surface area contributed by atoms with Gasteiger partial charge in [-0.15, -0.1) is 0 Å². The second-order valence-corrected chi connectivity index (χ2v) is 7.43. The zero-order chi connectivity index (χ0) is 22.5. The first-order chi connectivity index (χ1) is 14.8. The van der Waals surface area contributed by atoms with Crippen LogP contribution < -0.4 is 15.8 Å². The van der Waals surface area contributed by atoms with Crippen LogP contribution in [0.1, 0.15) is 54.6 Å². The molecule has 1 saturated heterocycles. The Morgan fingerprint density at radius 3 is 2.77 bits per heavy atom. The number of nitrogens with zero attached hydrogens (tertiary/aromatic N) is 1. The van der Waals surface area contributed by atoms with Crippen LogP contribution in [0.25, 0.3) is 0 Å². The Bertz CT molecular complexity index is 970. The third kappa shape index (κ3) is 4.99. The average molecular weight is 433 g/mol. The minimum absolute atomic E-state index is 0.00443. The second kappa shape index (κ2) is 9.82. The van der Waals surface area contributed by atoms with Crippen LogP contribution in [0.4, 0.5) is 14.5 Å². The number of methoxy groups -OCH3 is 1. The predicted molar refractivity (Wildman–Crippen MR) is 110 cm³/mol. The van der Waals surface area contributed by atoms with Gasteiger partial charge in [0.15, 0.2) is 11.6 Å². The van der Waals surface area contributed by atoms with E-state index in [1.807, 2.05) is 0 Å². The molecule has 0 aliphatic carbocycles. The summed E-state index contributed by atoms with van der Waals surface area (Å²) in [4.78, 5) is 28.3. The maximum atomic E-state index is 14.3. The molecule has 0 spiro atoms. The number of ether oxygens (including phenoxy) is 2. The van der Waals surface area contributed by atoms with E-state index < -0.39 is 35.5 Å². The highest BCUT2D eigenvalue weighted by Gasteiger charge is 2.42. The second-order valence-electron chi connectivity index (χ2n) is 7.43. The number of aromatic nitrogens is 1. The molecule has 3 rings (SSSR count). The van der Waals surface area contributed by atoms with Crippen molar-refractivity contribution in [1.29, 1.82) is 0 Å². The van der Waals surface area contributed by atoms with E-state index in [0.29, 0.717) is 17.7 Å². The van der Waals surface area contributed by atoms with Gasteiger partial charge in [-0.2, -0.15) is 4.39 Å². The number of hydrogen-bond donors (Lipinski definition) is 2. The van der Waals surface area contributed by atoms with Crippen LogP contribution in [0.5, 0.6) is 5.75 Å². The minimum Gasteiger partial charge on any atom is -0.493 e. The zero-order valence-electron chi connectivity index (χ0n) is 17.4. The molecule has 31 heavy (non-hydrogen) atoms. The number of hydrogen-bond acceptors (Lipinski definition) is 5. The van der Waals surface area contributed by atoms with Gasteiger partial charge in [-0.1, -0.05) is 25.8 Å². The summed E-state index contributed by atoms with van der Waals surface area (Å²) in [5.41, 5.74) is 5.94. The summed E-state index contributed by atoms with van der Waals surface area (Å²) in [6.07, 6.45) is 3.26. The third-order valence-electron chi connectivity index (χ3n) is 5.32. The number of carbonyl (C=O) groups excluding carboxylic acids is 2. The Balaban J connectivity index is 1.90. The van der Waals surface area contributed by atoms with Crippen molar-refractivity contribution in [2.45, 2.75) is 50.7 Å². The molecule has 7 nitrogen and oxygen atoms in total. The standard InChI is InChI=1S/C22H25F2N3O4/c1-3-4-5-13-11-15(14-6-7-16(23)18(24)19(14)30-2)20(31-13)22(29)27-12-8-9-26-17(10-12)21(25)28/h6-10,13,15,20H,3-5,11H2,1-2H3,(H2,25,28)(H,26,27,29)/t13-,15-,20+/m1/s1. The number of nitrogens with two attached hydrogens (primary N) is 1. The van der Waals surface area contributed by atoms with Gasteiger partial charge >= 0.3 is 0 Å². The molecule has 3 N–H and O–H groups in total.